The van der Waals surface area contributed by atoms with Gasteiger partial charge >= 0.3 is 0 Å². The topological polar surface area (TPSA) is 107 Å². The van der Waals surface area contributed by atoms with Gasteiger partial charge in [-0.3, -0.25) is 9.48 Å². The monoisotopic (exact) mass is 407 g/mol. The van der Waals surface area contributed by atoms with Gasteiger partial charge in [0.25, 0.3) is 5.91 Å². The van der Waals surface area contributed by atoms with E-state index in [1.54, 1.807) is 17.8 Å². The van der Waals surface area contributed by atoms with Gasteiger partial charge in [0, 0.05) is 37.8 Å². The van der Waals surface area contributed by atoms with Crippen LogP contribution in [0.15, 0.2) is 41.4 Å². The van der Waals surface area contributed by atoms with Gasteiger partial charge in [-0.05, 0) is 44.2 Å². The molecular weight excluding hydrogens is 378 g/mol. The van der Waals surface area contributed by atoms with Crippen molar-refractivity contribution >= 4 is 11.9 Å². The average molecular weight is 408 g/mol. The first kappa shape index (κ1) is 21.4. The van der Waals surface area contributed by atoms with Crippen molar-refractivity contribution in [2.24, 2.45) is 12.0 Å². The summed E-state index contributed by atoms with van der Waals surface area (Å²) in [5, 5.41) is 22.4. The molecule has 0 atom stereocenters. The van der Waals surface area contributed by atoms with Crippen molar-refractivity contribution < 1.29 is 4.79 Å². The number of guanidine groups is 1. The number of aliphatic imine (C=N–C) groups is 1. The third-order valence-electron chi connectivity index (χ3n) is 6.00. The lowest BCUT2D eigenvalue weighted by Crippen LogP contribution is -2.49. The molecule has 1 aromatic carbocycles. The zero-order chi connectivity index (χ0) is 21.6. The summed E-state index contributed by atoms with van der Waals surface area (Å²) >= 11 is 0. The minimum atomic E-state index is -0.145. The maximum absolute atomic E-state index is 12.7. The molecule has 0 saturated heterocycles. The molecule has 8 heteroatoms. The largest absolute Gasteiger partial charge is 0.359 e. The van der Waals surface area contributed by atoms with E-state index in [4.69, 9.17) is 5.26 Å². The Morgan fingerprint density at radius 2 is 2.03 bits per heavy atom. The second-order valence-corrected chi connectivity index (χ2v) is 7.85. The van der Waals surface area contributed by atoms with Gasteiger partial charge in [0.15, 0.2) is 0 Å². The van der Waals surface area contributed by atoms with Gasteiger partial charge in [-0.15, -0.1) is 4.99 Å². The van der Waals surface area contributed by atoms with Crippen molar-refractivity contribution in [3.8, 4) is 6.19 Å². The van der Waals surface area contributed by atoms with Crippen molar-refractivity contribution in [2.45, 2.75) is 44.1 Å². The number of benzene rings is 1. The van der Waals surface area contributed by atoms with Gasteiger partial charge in [-0.1, -0.05) is 30.3 Å². The zero-order valence-corrected chi connectivity index (χ0v) is 17.8. The molecule has 0 spiro atoms. The van der Waals surface area contributed by atoms with Crippen LogP contribution in [0.25, 0.3) is 0 Å². The van der Waals surface area contributed by atoms with Crippen LogP contribution in [0.5, 0.6) is 0 Å². The highest BCUT2D eigenvalue weighted by Gasteiger charge is 2.37. The Labute approximate surface area is 177 Å². The summed E-state index contributed by atoms with van der Waals surface area (Å²) in [6.45, 7) is 2.49. The number of nitrogens with zero attached hydrogens (tertiary/aromatic N) is 4. The van der Waals surface area contributed by atoms with Crippen LogP contribution in [-0.2, 0) is 12.5 Å². The molecule has 2 aromatic rings. The van der Waals surface area contributed by atoms with Crippen LogP contribution < -0.4 is 16.0 Å². The van der Waals surface area contributed by atoms with E-state index >= 15 is 0 Å². The van der Waals surface area contributed by atoms with Gasteiger partial charge in [-0.25, -0.2) is 0 Å². The summed E-state index contributed by atoms with van der Waals surface area (Å²) in [5.74, 6) is 0.349. The highest BCUT2D eigenvalue weighted by molar-refractivity contribution is 5.92. The van der Waals surface area contributed by atoms with Crippen LogP contribution >= 0.6 is 0 Å². The van der Waals surface area contributed by atoms with Gasteiger partial charge < -0.3 is 16.0 Å². The van der Waals surface area contributed by atoms with E-state index in [0.717, 1.165) is 31.4 Å². The minimum Gasteiger partial charge on any atom is -0.359 e. The number of aryl methyl sites for hydroxylation is 2. The molecule has 1 saturated carbocycles. The number of nitriles is 1. The lowest BCUT2D eigenvalue weighted by Gasteiger charge is -2.41. The molecule has 3 rings (SSSR count). The van der Waals surface area contributed by atoms with E-state index in [1.165, 1.54) is 5.56 Å². The molecule has 0 unspecified atom stereocenters. The molecule has 1 fully saturated rings. The molecule has 1 aliphatic rings. The first-order chi connectivity index (χ1) is 14.5. The highest BCUT2D eigenvalue weighted by Crippen LogP contribution is 2.39. The van der Waals surface area contributed by atoms with Crippen LogP contribution in [0, 0.1) is 18.4 Å². The normalized spacial score (nSPS) is 21.5. The van der Waals surface area contributed by atoms with Crippen LogP contribution in [0.4, 0.5) is 0 Å². The molecule has 0 aliphatic heterocycles. The molecule has 1 aromatic heterocycles. The Bertz CT molecular complexity index is 915. The second-order valence-electron chi connectivity index (χ2n) is 7.85. The molecule has 30 heavy (non-hydrogen) atoms. The fraction of sp³-hybridized carbons (Fsp3) is 0.455. The maximum Gasteiger partial charge on any atom is 0.271 e. The number of carbonyl (C=O) groups is 1. The Morgan fingerprint density at radius 1 is 1.33 bits per heavy atom. The van der Waals surface area contributed by atoms with Gasteiger partial charge in [0.1, 0.15) is 5.69 Å². The second kappa shape index (κ2) is 9.44. The number of carbonyl (C=O) groups excluding carboxylic acids is 1. The molecule has 8 nitrogen and oxygen atoms in total. The van der Waals surface area contributed by atoms with Crippen molar-refractivity contribution in [1.82, 2.24) is 25.7 Å². The number of nitrogens with one attached hydrogen (secondary N) is 3. The molecule has 0 radical (unpaired) electrons. The lowest BCUT2D eigenvalue weighted by atomic mass is 9.68. The Kier molecular flexibility index (Phi) is 6.72. The molecule has 1 amide bonds. The summed E-state index contributed by atoms with van der Waals surface area (Å²) in [7, 11) is 3.58. The maximum atomic E-state index is 12.7. The predicted octanol–water partition coefficient (Wildman–Crippen LogP) is 1.99. The Balaban J connectivity index is 1.72. The third kappa shape index (κ3) is 4.79. The van der Waals surface area contributed by atoms with Crippen molar-refractivity contribution in [3.05, 3.63) is 53.3 Å². The first-order valence-corrected chi connectivity index (χ1v) is 10.2. The predicted molar refractivity (Wildman–Crippen MR) is 116 cm³/mol. The fourth-order valence-electron chi connectivity index (χ4n) is 4.09. The summed E-state index contributed by atoms with van der Waals surface area (Å²) < 4.78 is 1.71. The summed E-state index contributed by atoms with van der Waals surface area (Å²) in [4.78, 5) is 16.5. The number of hydrogen-bond acceptors (Lipinski definition) is 4. The van der Waals surface area contributed by atoms with E-state index in [1.807, 2.05) is 38.4 Å². The average Bonchev–Trinajstić information content (AvgIpc) is 3.12. The minimum absolute atomic E-state index is 0.134. The molecule has 3 N–H and O–H groups in total. The SMILES string of the molecule is CN/C(=N\C#N)N[C@H]1CC[C@](CNC(=O)c2cc(C)n(C)n2)(c2ccccc2)CC1. The smallest absolute Gasteiger partial charge is 0.271 e. The standard InChI is InChI=1S/C22H29N7O/c1-16-13-19(28-29(16)3)20(30)25-14-22(17-7-5-4-6-8-17)11-9-18(10-12-22)27-21(24-2)26-15-23/h4-8,13,18H,9-12,14H2,1-3H3,(H,25,30)(H2,24,26,27)/t18-,22-. The van der Waals surface area contributed by atoms with Crippen LogP contribution in [0.3, 0.4) is 0 Å². The van der Waals surface area contributed by atoms with Gasteiger partial charge in [0.2, 0.25) is 12.2 Å². The highest BCUT2D eigenvalue weighted by atomic mass is 16.1. The quantitative estimate of drug-likeness (QED) is 0.399. The van der Waals surface area contributed by atoms with Crippen molar-refractivity contribution in [3.63, 3.8) is 0 Å². The summed E-state index contributed by atoms with van der Waals surface area (Å²) in [6.07, 6.45) is 5.48. The van der Waals surface area contributed by atoms with Crippen LogP contribution in [-0.4, -0.2) is 41.3 Å². The number of hydrogen-bond donors (Lipinski definition) is 3. The number of amides is 1. The summed E-state index contributed by atoms with van der Waals surface area (Å²) in [5.41, 5.74) is 2.50. The lowest BCUT2D eigenvalue weighted by molar-refractivity contribution is 0.0929. The van der Waals surface area contributed by atoms with E-state index in [9.17, 15) is 4.79 Å². The Morgan fingerprint density at radius 3 is 2.60 bits per heavy atom. The number of aromatic nitrogens is 2. The molecule has 0 bridgehead atoms. The Hall–Kier alpha value is -3.34. The van der Waals surface area contributed by atoms with Gasteiger partial charge in [-0.2, -0.15) is 10.4 Å². The van der Waals surface area contributed by atoms with Crippen LogP contribution in [0.1, 0.15) is 47.4 Å². The molecule has 1 heterocycles. The first-order valence-electron chi connectivity index (χ1n) is 10.2. The summed E-state index contributed by atoms with van der Waals surface area (Å²) in [6, 6.07) is 12.4. The fourth-order valence-corrected chi connectivity index (χ4v) is 4.09. The van der Waals surface area contributed by atoms with E-state index in [0.29, 0.717) is 18.2 Å². The van der Waals surface area contributed by atoms with E-state index in [2.05, 4.69) is 38.2 Å². The van der Waals surface area contributed by atoms with Crippen molar-refractivity contribution in [1.29, 1.82) is 5.26 Å². The molecule has 158 valence electrons. The van der Waals surface area contributed by atoms with Gasteiger partial charge in [0.05, 0.1) is 0 Å². The van der Waals surface area contributed by atoms with Crippen LogP contribution in [0.2, 0.25) is 0 Å². The molecule has 1 aliphatic carbocycles. The number of rotatable bonds is 5. The molecular formula is C22H29N7O. The zero-order valence-electron chi connectivity index (χ0n) is 17.8. The van der Waals surface area contributed by atoms with E-state index in [-0.39, 0.29) is 17.4 Å². The van der Waals surface area contributed by atoms with E-state index < -0.39 is 0 Å². The van der Waals surface area contributed by atoms with Crippen molar-refractivity contribution in [2.75, 3.05) is 13.6 Å². The third-order valence-corrected chi connectivity index (χ3v) is 6.00.